The number of carbonyl (C=O) groups is 1. The molecule has 0 aliphatic rings. The number of hydrogen-bond donors (Lipinski definition) is 1. The fourth-order valence-electron chi connectivity index (χ4n) is 2.17. The number of rotatable bonds is 5. The van der Waals surface area contributed by atoms with Crippen LogP contribution in [0, 0.1) is 5.41 Å². The number of hydrogen-bond acceptors (Lipinski definition) is 3. The van der Waals surface area contributed by atoms with E-state index in [1.165, 1.54) is 0 Å². The van der Waals surface area contributed by atoms with Gasteiger partial charge >= 0.3 is 0 Å². The van der Waals surface area contributed by atoms with Gasteiger partial charge in [0, 0.05) is 24.3 Å². The van der Waals surface area contributed by atoms with Gasteiger partial charge in [-0.05, 0) is 36.2 Å². The van der Waals surface area contributed by atoms with Crippen molar-refractivity contribution in [3.63, 3.8) is 0 Å². The second kappa shape index (κ2) is 6.62. The van der Waals surface area contributed by atoms with Gasteiger partial charge in [0.15, 0.2) is 5.69 Å². The van der Waals surface area contributed by atoms with Crippen LogP contribution < -0.4 is 5.73 Å². The Morgan fingerprint density at radius 1 is 1.41 bits per heavy atom. The third-order valence-electron chi connectivity index (χ3n) is 3.45. The molecule has 2 N–H and O–H groups in total. The van der Waals surface area contributed by atoms with Gasteiger partial charge in [-0.2, -0.15) is 5.10 Å². The van der Waals surface area contributed by atoms with E-state index in [2.05, 4.69) is 21.0 Å². The Morgan fingerprint density at radius 3 is 2.77 bits per heavy atom. The van der Waals surface area contributed by atoms with Gasteiger partial charge in [0.1, 0.15) is 0 Å². The van der Waals surface area contributed by atoms with Crippen molar-refractivity contribution < 1.29 is 4.79 Å². The molecule has 0 unspecified atom stereocenters. The van der Waals surface area contributed by atoms with E-state index in [-0.39, 0.29) is 11.3 Å². The van der Waals surface area contributed by atoms with Crippen LogP contribution >= 0.6 is 15.9 Å². The molecule has 0 saturated heterocycles. The number of carbonyl (C=O) groups excluding carboxylic acids is 1. The molecule has 0 atom stereocenters. The number of nitrogens with two attached hydrogens (primary N) is 1. The number of amides is 1. The van der Waals surface area contributed by atoms with Gasteiger partial charge in [0.25, 0.3) is 5.91 Å². The molecule has 0 fully saturated rings. The fourth-order valence-corrected chi connectivity index (χ4v) is 2.56. The van der Waals surface area contributed by atoms with Crippen molar-refractivity contribution in [2.75, 3.05) is 20.1 Å². The predicted octanol–water partition coefficient (Wildman–Crippen LogP) is 2.69. The second-order valence-electron chi connectivity index (χ2n) is 6.15. The molecule has 1 aromatic heterocycles. The monoisotopic (exact) mass is 364 g/mol. The molecule has 0 aliphatic heterocycles. The molecular formula is C16H21BrN4O. The van der Waals surface area contributed by atoms with Crippen LogP contribution in [0.1, 0.15) is 24.3 Å². The number of nitrogens with zero attached hydrogens (tertiary/aromatic N) is 3. The molecule has 5 nitrogen and oxygen atoms in total. The summed E-state index contributed by atoms with van der Waals surface area (Å²) in [6, 6.07) is 9.49. The van der Waals surface area contributed by atoms with Crippen molar-refractivity contribution in [3.8, 4) is 5.69 Å². The van der Waals surface area contributed by atoms with Gasteiger partial charge < -0.3 is 10.6 Å². The first-order valence-corrected chi connectivity index (χ1v) is 7.89. The molecule has 0 saturated carbocycles. The zero-order valence-electron chi connectivity index (χ0n) is 13.1. The standard InChI is InChI=1S/C16H21BrN4O/c1-16(2,10-18)11-20(3)15(22)14-7-8-21(19-14)13-6-4-5-12(17)9-13/h4-9H,10-11,18H2,1-3H3. The molecular weight excluding hydrogens is 344 g/mol. The molecule has 0 bridgehead atoms. The van der Waals surface area contributed by atoms with Crippen LogP contribution in [0.2, 0.25) is 0 Å². The summed E-state index contributed by atoms with van der Waals surface area (Å²) in [5.41, 5.74) is 6.94. The first-order valence-electron chi connectivity index (χ1n) is 7.09. The highest BCUT2D eigenvalue weighted by Crippen LogP contribution is 2.17. The van der Waals surface area contributed by atoms with Gasteiger partial charge in [-0.1, -0.05) is 35.8 Å². The van der Waals surface area contributed by atoms with Gasteiger partial charge in [0.05, 0.1) is 5.69 Å². The molecule has 2 aromatic rings. The van der Waals surface area contributed by atoms with Crippen LogP contribution in [0.25, 0.3) is 5.69 Å². The molecule has 0 radical (unpaired) electrons. The molecule has 0 aliphatic carbocycles. The van der Waals surface area contributed by atoms with Crippen molar-refractivity contribution in [2.24, 2.45) is 11.1 Å². The maximum atomic E-state index is 12.4. The van der Waals surface area contributed by atoms with E-state index in [1.54, 1.807) is 28.9 Å². The van der Waals surface area contributed by atoms with Gasteiger partial charge in [-0.3, -0.25) is 4.79 Å². The van der Waals surface area contributed by atoms with Crippen molar-refractivity contribution in [2.45, 2.75) is 13.8 Å². The first-order chi connectivity index (χ1) is 10.3. The molecule has 118 valence electrons. The summed E-state index contributed by atoms with van der Waals surface area (Å²) in [5.74, 6) is -0.102. The van der Waals surface area contributed by atoms with Crippen LogP contribution in [-0.2, 0) is 0 Å². The lowest BCUT2D eigenvalue weighted by Gasteiger charge is -2.28. The molecule has 6 heteroatoms. The average molecular weight is 365 g/mol. The lowest BCUT2D eigenvalue weighted by Crippen LogP contribution is -2.39. The summed E-state index contributed by atoms with van der Waals surface area (Å²) in [6.45, 7) is 5.19. The van der Waals surface area contributed by atoms with E-state index in [9.17, 15) is 4.79 Å². The van der Waals surface area contributed by atoms with Gasteiger partial charge in [-0.25, -0.2) is 4.68 Å². The lowest BCUT2D eigenvalue weighted by atomic mass is 9.93. The number of benzene rings is 1. The van der Waals surface area contributed by atoms with Gasteiger partial charge in [0.2, 0.25) is 0 Å². The Hall–Kier alpha value is -1.66. The lowest BCUT2D eigenvalue weighted by molar-refractivity contribution is 0.0734. The largest absolute Gasteiger partial charge is 0.340 e. The quantitative estimate of drug-likeness (QED) is 0.886. The summed E-state index contributed by atoms with van der Waals surface area (Å²) in [7, 11) is 1.78. The highest BCUT2D eigenvalue weighted by Gasteiger charge is 2.23. The molecule has 2 rings (SSSR count). The Balaban J connectivity index is 2.15. The number of aromatic nitrogens is 2. The van der Waals surface area contributed by atoms with E-state index in [0.29, 0.717) is 18.8 Å². The van der Waals surface area contributed by atoms with E-state index >= 15 is 0 Å². The summed E-state index contributed by atoms with van der Waals surface area (Å²) in [4.78, 5) is 14.1. The Kier molecular flexibility index (Phi) is 5.03. The molecule has 0 spiro atoms. The highest BCUT2D eigenvalue weighted by atomic mass is 79.9. The summed E-state index contributed by atoms with van der Waals surface area (Å²) in [6.07, 6.45) is 1.79. The van der Waals surface area contributed by atoms with E-state index in [0.717, 1.165) is 10.2 Å². The molecule has 1 heterocycles. The van der Waals surface area contributed by atoms with Crippen LogP contribution in [0.5, 0.6) is 0 Å². The maximum Gasteiger partial charge on any atom is 0.274 e. The van der Waals surface area contributed by atoms with Crippen molar-refractivity contribution >= 4 is 21.8 Å². The Labute approximate surface area is 139 Å². The van der Waals surface area contributed by atoms with E-state index in [4.69, 9.17) is 5.73 Å². The molecule has 1 amide bonds. The van der Waals surface area contributed by atoms with Crippen molar-refractivity contribution in [1.82, 2.24) is 14.7 Å². The van der Waals surface area contributed by atoms with E-state index in [1.807, 2.05) is 38.1 Å². The zero-order valence-corrected chi connectivity index (χ0v) is 14.7. The number of halogens is 1. The minimum Gasteiger partial charge on any atom is -0.340 e. The topological polar surface area (TPSA) is 64.2 Å². The normalized spacial score (nSPS) is 11.5. The van der Waals surface area contributed by atoms with Gasteiger partial charge in [-0.15, -0.1) is 0 Å². The SMILES string of the molecule is CN(CC(C)(C)CN)C(=O)c1ccn(-c2cccc(Br)c2)n1. The van der Waals surface area contributed by atoms with Crippen LogP contribution in [0.3, 0.4) is 0 Å². The average Bonchev–Trinajstić information content (AvgIpc) is 2.95. The third-order valence-corrected chi connectivity index (χ3v) is 3.94. The highest BCUT2D eigenvalue weighted by molar-refractivity contribution is 9.10. The van der Waals surface area contributed by atoms with Crippen LogP contribution in [0.4, 0.5) is 0 Å². The fraction of sp³-hybridized carbons (Fsp3) is 0.375. The van der Waals surface area contributed by atoms with Crippen molar-refractivity contribution in [1.29, 1.82) is 0 Å². The minimum absolute atomic E-state index is 0.102. The molecule has 1 aromatic carbocycles. The summed E-state index contributed by atoms with van der Waals surface area (Å²) >= 11 is 3.43. The van der Waals surface area contributed by atoms with Crippen LogP contribution in [0.15, 0.2) is 41.0 Å². The predicted molar refractivity (Wildman–Crippen MR) is 91.1 cm³/mol. The summed E-state index contributed by atoms with van der Waals surface area (Å²) < 4.78 is 2.66. The maximum absolute atomic E-state index is 12.4. The van der Waals surface area contributed by atoms with Crippen LogP contribution in [-0.4, -0.2) is 40.7 Å². The Bertz CT molecular complexity index is 666. The third kappa shape index (κ3) is 3.96. The first kappa shape index (κ1) is 16.7. The van der Waals surface area contributed by atoms with E-state index < -0.39 is 0 Å². The second-order valence-corrected chi connectivity index (χ2v) is 7.07. The van der Waals surface area contributed by atoms with Crippen molar-refractivity contribution in [3.05, 3.63) is 46.7 Å². The zero-order chi connectivity index (χ0) is 16.3. The summed E-state index contributed by atoms with van der Waals surface area (Å²) in [5, 5.41) is 4.37. The minimum atomic E-state index is -0.114. The molecule has 22 heavy (non-hydrogen) atoms. The Morgan fingerprint density at radius 2 is 2.14 bits per heavy atom. The smallest absolute Gasteiger partial charge is 0.274 e.